The number of rotatable bonds is 5. The van der Waals surface area contributed by atoms with Gasteiger partial charge in [0.2, 0.25) is 0 Å². The zero-order valence-corrected chi connectivity index (χ0v) is 14.5. The number of hydrogen-bond acceptors (Lipinski definition) is 4. The molecule has 0 atom stereocenters. The summed E-state index contributed by atoms with van der Waals surface area (Å²) in [5.41, 5.74) is 3.32. The Balaban J connectivity index is 1.35. The van der Waals surface area contributed by atoms with Crippen LogP contribution in [0.5, 0.6) is 0 Å². The number of benzene rings is 1. The van der Waals surface area contributed by atoms with Crippen LogP contribution in [0.3, 0.4) is 0 Å². The minimum Gasteiger partial charge on any atom is -0.459 e. The maximum absolute atomic E-state index is 12.0. The Labute approximate surface area is 152 Å². The van der Waals surface area contributed by atoms with Crippen LogP contribution >= 0.6 is 0 Å². The molecule has 1 N–H and O–H groups in total. The van der Waals surface area contributed by atoms with Crippen molar-refractivity contribution >= 4 is 16.8 Å². The van der Waals surface area contributed by atoms with E-state index in [1.165, 1.54) is 11.8 Å². The van der Waals surface area contributed by atoms with Crippen molar-refractivity contribution in [2.45, 2.75) is 13.0 Å². The molecule has 1 amide bonds. The van der Waals surface area contributed by atoms with E-state index in [0.29, 0.717) is 12.3 Å². The first-order chi connectivity index (χ1) is 12.8. The predicted molar refractivity (Wildman–Crippen MR) is 101 cm³/mol. The second-order valence-electron chi connectivity index (χ2n) is 6.52. The number of hydrogen-bond donors (Lipinski definition) is 1. The van der Waals surface area contributed by atoms with E-state index in [0.717, 1.165) is 42.7 Å². The summed E-state index contributed by atoms with van der Waals surface area (Å²) in [6, 6.07) is 15.8. The summed E-state index contributed by atoms with van der Waals surface area (Å²) in [5.74, 6) is 0.169. The summed E-state index contributed by atoms with van der Waals surface area (Å²) in [7, 11) is 0. The van der Waals surface area contributed by atoms with E-state index in [1.807, 2.05) is 18.2 Å². The van der Waals surface area contributed by atoms with E-state index >= 15 is 0 Å². The second kappa shape index (κ2) is 7.54. The minimum absolute atomic E-state index is 0.177. The summed E-state index contributed by atoms with van der Waals surface area (Å²) < 4.78 is 5.12. The maximum Gasteiger partial charge on any atom is 0.287 e. The molecule has 0 unspecified atom stereocenters. The molecule has 0 saturated heterocycles. The molecule has 3 heterocycles. The Morgan fingerprint density at radius 2 is 2.08 bits per heavy atom. The Morgan fingerprint density at radius 1 is 1.15 bits per heavy atom. The van der Waals surface area contributed by atoms with Crippen LogP contribution in [0, 0.1) is 0 Å². The standard InChI is InChI=1S/C21H21N3O2/c25-21(20-8-4-12-26-20)22-13-16-5-3-11-24(14-16)15-18-10-9-17-6-1-2-7-19(17)23-18/h1-2,4-10,12H,3,11,13-15H2,(H,22,25). The van der Waals surface area contributed by atoms with Gasteiger partial charge in [-0.2, -0.15) is 0 Å². The number of aromatic nitrogens is 1. The molecule has 0 saturated carbocycles. The molecule has 0 aliphatic carbocycles. The van der Waals surface area contributed by atoms with Gasteiger partial charge in [0, 0.05) is 31.6 Å². The molecule has 0 spiro atoms. The highest BCUT2D eigenvalue weighted by molar-refractivity contribution is 5.91. The van der Waals surface area contributed by atoms with E-state index in [-0.39, 0.29) is 5.91 Å². The van der Waals surface area contributed by atoms with Gasteiger partial charge in [0.1, 0.15) is 0 Å². The molecule has 0 bridgehead atoms. The Kier molecular flexibility index (Phi) is 4.80. The third-order valence-electron chi connectivity index (χ3n) is 4.57. The number of fused-ring (bicyclic) bond motifs is 1. The third-order valence-corrected chi connectivity index (χ3v) is 4.57. The molecule has 5 heteroatoms. The van der Waals surface area contributed by atoms with E-state index in [1.54, 1.807) is 12.1 Å². The number of nitrogens with zero attached hydrogens (tertiary/aromatic N) is 2. The number of pyridine rings is 1. The number of para-hydroxylation sites is 1. The molecule has 2 aromatic heterocycles. The fourth-order valence-electron chi connectivity index (χ4n) is 3.26. The van der Waals surface area contributed by atoms with E-state index in [9.17, 15) is 4.79 Å². The first-order valence-corrected chi connectivity index (χ1v) is 8.84. The number of furan rings is 1. The Hall–Kier alpha value is -2.92. The highest BCUT2D eigenvalue weighted by atomic mass is 16.3. The SMILES string of the molecule is O=C(NCC1=CCCN(Cc2ccc3ccccc3n2)C1)c1ccco1. The summed E-state index contributed by atoms with van der Waals surface area (Å²) in [6.45, 7) is 3.20. The molecule has 5 nitrogen and oxygen atoms in total. The molecule has 4 rings (SSSR count). The average Bonchev–Trinajstić information content (AvgIpc) is 3.21. The van der Waals surface area contributed by atoms with Crippen molar-refractivity contribution in [1.29, 1.82) is 0 Å². The molecule has 132 valence electrons. The molecule has 26 heavy (non-hydrogen) atoms. The van der Waals surface area contributed by atoms with Gasteiger partial charge < -0.3 is 9.73 Å². The maximum atomic E-state index is 12.0. The van der Waals surface area contributed by atoms with Crippen molar-refractivity contribution in [2.24, 2.45) is 0 Å². The molecule has 3 aromatic rings. The zero-order valence-electron chi connectivity index (χ0n) is 14.5. The van der Waals surface area contributed by atoms with Crippen LogP contribution in [0.25, 0.3) is 10.9 Å². The molecule has 1 aromatic carbocycles. The van der Waals surface area contributed by atoms with E-state index in [4.69, 9.17) is 9.40 Å². The monoisotopic (exact) mass is 347 g/mol. The lowest BCUT2D eigenvalue weighted by Gasteiger charge is -2.27. The van der Waals surface area contributed by atoms with Crippen LogP contribution in [-0.2, 0) is 6.54 Å². The van der Waals surface area contributed by atoms with Gasteiger partial charge in [-0.1, -0.05) is 30.3 Å². The lowest BCUT2D eigenvalue weighted by atomic mass is 10.1. The third kappa shape index (κ3) is 3.83. The van der Waals surface area contributed by atoms with Crippen LogP contribution in [0.2, 0.25) is 0 Å². The van der Waals surface area contributed by atoms with Crippen molar-refractivity contribution in [2.75, 3.05) is 19.6 Å². The summed E-state index contributed by atoms with van der Waals surface area (Å²) >= 11 is 0. The van der Waals surface area contributed by atoms with Crippen molar-refractivity contribution in [1.82, 2.24) is 15.2 Å². The van der Waals surface area contributed by atoms with Gasteiger partial charge in [-0.05, 0) is 36.3 Å². The van der Waals surface area contributed by atoms with Crippen LogP contribution < -0.4 is 5.32 Å². The van der Waals surface area contributed by atoms with Crippen molar-refractivity contribution in [3.05, 3.63) is 77.9 Å². The first kappa shape index (κ1) is 16.5. The fraction of sp³-hybridized carbons (Fsp3) is 0.238. The molecule has 0 fully saturated rings. The molecule has 0 radical (unpaired) electrons. The Bertz CT molecular complexity index is 931. The average molecular weight is 347 g/mol. The van der Waals surface area contributed by atoms with E-state index in [2.05, 4.69) is 34.5 Å². The number of nitrogens with one attached hydrogen (secondary N) is 1. The van der Waals surface area contributed by atoms with Crippen molar-refractivity contribution in [3.63, 3.8) is 0 Å². The predicted octanol–water partition coefficient (Wildman–Crippen LogP) is 3.39. The quantitative estimate of drug-likeness (QED) is 0.719. The smallest absolute Gasteiger partial charge is 0.287 e. The van der Waals surface area contributed by atoms with Crippen LogP contribution in [-0.4, -0.2) is 35.4 Å². The highest BCUT2D eigenvalue weighted by Crippen LogP contribution is 2.16. The van der Waals surface area contributed by atoms with Crippen molar-refractivity contribution in [3.8, 4) is 0 Å². The summed E-state index contributed by atoms with van der Waals surface area (Å²) in [5, 5.41) is 4.08. The summed E-state index contributed by atoms with van der Waals surface area (Å²) in [4.78, 5) is 19.1. The van der Waals surface area contributed by atoms with Crippen molar-refractivity contribution < 1.29 is 9.21 Å². The van der Waals surface area contributed by atoms with Gasteiger partial charge in [0.25, 0.3) is 5.91 Å². The van der Waals surface area contributed by atoms with Gasteiger partial charge in [-0.3, -0.25) is 14.7 Å². The number of amides is 1. The van der Waals surface area contributed by atoms with Gasteiger partial charge in [-0.25, -0.2) is 0 Å². The lowest BCUT2D eigenvalue weighted by molar-refractivity contribution is 0.0928. The molecule has 1 aliphatic rings. The Morgan fingerprint density at radius 3 is 2.96 bits per heavy atom. The van der Waals surface area contributed by atoms with Gasteiger partial charge in [0.05, 0.1) is 17.5 Å². The zero-order chi connectivity index (χ0) is 17.8. The van der Waals surface area contributed by atoms with Gasteiger partial charge in [0.15, 0.2) is 5.76 Å². The topological polar surface area (TPSA) is 58.4 Å². The first-order valence-electron chi connectivity index (χ1n) is 8.84. The lowest BCUT2D eigenvalue weighted by Crippen LogP contribution is -2.34. The largest absolute Gasteiger partial charge is 0.459 e. The highest BCUT2D eigenvalue weighted by Gasteiger charge is 2.15. The van der Waals surface area contributed by atoms with E-state index < -0.39 is 0 Å². The molecular formula is C21H21N3O2. The second-order valence-corrected chi connectivity index (χ2v) is 6.52. The van der Waals surface area contributed by atoms with Gasteiger partial charge >= 0.3 is 0 Å². The fourth-order valence-corrected chi connectivity index (χ4v) is 3.26. The normalized spacial score (nSPS) is 15.0. The minimum atomic E-state index is -0.177. The van der Waals surface area contributed by atoms with Crippen LogP contribution in [0.15, 0.2) is 70.9 Å². The van der Waals surface area contributed by atoms with Crippen LogP contribution in [0.1, 0.15) is 22.7 Å². The van der Waals surface area contributed by atoms with Crippen LogP contribution in [0.4, 0.5) is 0 Å². The van der Waals surface area contributed by atoms with Gasteiger partial charge in [-0.15, -0.1) is 0 Å². The number of carbonyl (C=O) groups excluding carboxylic acids is 1. The molecular weight excluding hydrogens is 326 g/mol. The number of carbonyl (C=O) groups is 1. The summed E-state index contributed by atoms with van der Waals surface area (Å²) in [6.07, 6.45) is 4.71. The molecule has 1 aliphatic heterocycles.